The summed E-state index contributed by atoms with van der Waals surface area (Å²) in [5.74, 6) is 1.72. The molecule has 100 valence electrons. The summed E-state index contributed by atoms with van der Waals surface area (Å²) in [5.41, 5.74) is 6.05. The summed E-state index contributed by atoms with van der Waals surface area (Å²) < 4.78 is 12.8. The van der Waals surface area contributed by atoms with Gasteiger partial charge in [-0.2, -0.15) is 0 Å². The molecule has 6 heteroatoms. The monoisotopic (exact) mass is 260 g/mol. The number of rotatable bonds is 5. The van der Waals surface area contributed by atoms with E-state index in [0.717, 1.165) is 5.82 Å². The first-order valence-electron chi connectivity index (χ1n) is 5.74. The van der Waals surface area contributed by atoms with Crippen LogP contribution in [0.1, 0.15) is 11.4 Å². The van der Waals surface area contributed by atoms with E-state index in [1.54, 1.807) is 31.5 Å². The second-order valence-electron chi connectivity index (χ2n) is 3.99. The maximum Gasteiger partial charge on any atom is 0.172 e. The van der Waals surface area contributed by atoms with Gasteiger partial charge in [-0.25, -0.2) is 4.98 Å². The SMILES string of the molecule is COc1cccc(C(=N)N)c1OCc1nccn1C. The molecule has 0 saturated carbocycles. The summed E-state index contributed by atoms with van der Waals surface area (Å²) in [4.78, 5) is 4.17. The lowest BCUT2D eigenvalue weighted by molar-refractivity contribution is 0.272. The number of benzene rings is 1. The minimum Gasteiger partial charge on any atom is -0.493 e. The van der Waals surface area contributed by atoms with Crippen LogP contribution < -0.4 is 15.2 Å². The van der Waals surface area contributed by atoms with Crippen LogP contribution in [0.3, 0.4) is 0 Å². The van der Waals surface area contributed by atoms with E-state index >= 15 is 0 Å². The highest BCUT2D eigenvalue weighted by Gasteiger charge is 2.13. The van der Waals surface area contributed by atoms with E-state index in [-0.39, 0.29) is 12.4 Å². The molecule has 0 unspecified atom stereocenters. The average Bonchev–Trinajstić information content (AvgIpc) is 2.81. The number of hydrogen-bond donors (Lipinski definition) is 2. The van der Waals surface area contributed by atoms with Crippen LogP contribution in [0.25, 0.3) is 0 Å². The summed E-state index contributed by atoms with van der Waals surface area (Å²) in [6, 6.07) is 5.25. The number of hydrogen-bond acceptors (Lipinski definition) is 4. The molecular weight excluding hydrogens is 244 g/mol. The van der Waals surface area contributed by atoms with Gasteiger partial charge in [-0.1, -0.05) is 6.07 Å². The molecule has 0 spiro atoms. The molecule has 2 rings (SSSR count). The third kappa shape index (κ3) is 2.67. The van der Waals surface area contributed by atoms with Crippen LogP contribution in [0.2, 0.25) is 0 Å². The van der Waals surface area contributed by atoms with E-state index in [2.05, 4.69) is 4.98 Å². The van der Waals surface area contributed by atoms with Crippen molar-refractivity contribution >= 4 is 5.84 Å². The van der Waals surface area contributed by atoms with Crippen molar-refractivity contribution < 1.29 is 9.47 Å². The number of ether oxygens (including phenoxy) is 2. The lowest BCUT2D eigenvalue weighted by Crippen LogP contribution is -2.14. The molecule has 2 aromatic rings. The van der Waals surface area contributed by atoms with Crippen molar-refractivity contribution in [3.8, 4) is 11.5 Å². The Morgan fingerprint density at radius 3 is 2.84 bits per heavy atom. The summed E-state index contributed by atoms with van der Waals surface area (Å²) in [5, 5.41) is 7.56. The van der Waals surface area contributed by atoms with Gasteiger partial charge in [-0.05, 0) is 12.1 Å². The highest BCUT2D eigenvalue weighted by atomic mass is 16.5. The first-order valence-corrected chi connectivity index (χ1v) is 5.74. The summed E-state index contributed by atoms with van der Waals surface area (Å²) in [6.45, 7) is 0.282. The number of methoxy groups -OCH3 is 1. The fourth-order valence-corrected chi connectivity index (χ4v) is 1.71. The minimum absolute atomic E-state index is 0.0614. The Kier molecular flexibility index (Phi) is 3.70. The Morgan fingerprint density at radius 2 is 2.26 bits per heavy atom. The molecule has 0 aliphatic carbocycles. The van der Waals surface area contributed by atoms with Crippen LogP contribution >= 0.6 is 0 Å². The second-order valence-corrected chi connectivity index (χ2v) is 3.99. The molecular formula is C13H16N4O2. The molecule has 0 aliphatic heterocycles. The zero-order valence-electron chi connectivity index (χ0n) is 10.9. The van der Waals surface area contributed by atoms with Crippen molar-refractivity contribution in [2.45, 2.75) is 6.61 Å². The Balaban J connectivity index is 2.28. The zero-order chi connectivity index (χ0) is 13.8. The van der Waals surface area contributed by atoms with Crippen LogP contribution in [0.4, 0.5) is 0 Å². The van der Waals surface area contributed by atoms with E-state index in [1.165, 1.54) is 0 Å². The van der Waals surface area contributed by atoms with Crippen LogP contribution in [0, 0.1) is 5.41 Å². The van der Waals surface area contributed by atoms with Crippen molar-refractivity contribution in [3.63, 3.8) is 0 Å². The predicted octanol–water partition coefficient (Wildman–Crippen LogP) is 1.29. The molecule has 0 fully saturated rings. The predicted molar refractivity (Wildman–Crippen MR) is 71.6 cm³/mol. The molecule has 0 radical (unpaired) electrons. The fraction of sp³-hybridized carbons (Fsp3) is 0.231. The van der Waals surface area contributed by atoms with E-state index in [0.29, 0.717) is 17.1 Å². The van der Waals surface area contributed by atoms with Gasteiger partial charge in [0.2, 0.25) is 0 Å². The highest BCUT2D eigenvalue weighted by molar-refractivity contribution is 5.98. The van der Waals surface area contributed by atoms with Crippen molar-refractivity contribution in [2.75, 3.05) is 7.11 Å². The Labute approximate surface area is 111 Å². The number of aryl methyl sites for hydroxylation is 1. The molecule has 6 nitrogen and oxygen atoms in total. The van der Waals surface area contributed by atoms with Crippen molar-refractivity contribution in [1.82, 2.24) is 9.55 Å². The minimum atomic E-state index is -0.0614. The smallest absolute Gasteiger partial charge is 0.172 e. The Hall–Kier alpha value is -2.50. The quantitative estimate of drug-likeness (QED) is 0.626. The lowest BCUT2D eigenvalue weighted by Gasteiger charge is -2.14. The number of nitrogens with two attached hydrogens (primary N) is 1. The molecule has 1 heterocycles. The first kappa shape index (κ1) is 12.9. The normalized spacial score (nSPS) is 10.2. The van der Waals surface area contributed by atoms with Gasteiger partial charge in [0, 0.05) is 19.4 Å². The summed E-state index contributed by atoms with van der Waals surface area (Å²) in [7, 11) is 3.44. The number of imidazole rings is 1. The molecule has 0 bridgehead atoms. The van der Waals surface area contributed by atoms with Crippen LogP contribution in [0.15, 0.2) is 30.6 Å². The van der Waals surface area contributed by atoms with Gasteiger partial charge in [0.1, 0.15) is 18.3 Å². The van der Waals surface area contributed by atoms with Gasteiger partial charge in [-0.15, -0.1) is 0 Å². The molecule has 3 N–H and O–H groups in total. The molecule has 0 atom stereocenters. The highest BCUT2D eigenvalue weighted by Crippen LogP contribution is 2.31. The Morgan fingerprint density at radius 1 is 1.47 bits per heavy atom. The molecule has 1 aromatic carbocycles. The molecule has 0 amide bonds. The summed E-state index contributed by atoms with van der Waals surface area (Å²) >= 11 is 0. The van der Waals surface area contributed by atoms with Crippen molar-refractivity contribution in [1.29, 1.82) is 5.41 Å². The third-order valence-corrected chi connectivity index (χ3v) is 2.76. The number of nitrogen functional groups attached to an aromatic ring is 1. The fourth-order valence-electron chi connectivity index (χ4n) is 1.71. The average molecular weight is 260 g/mol. The third-order valence-electron chi connectivity index (χ3n) is 2.76. The number of para-hydroxylation sites is 1. The number of amidine groups is 1. The molecule has 0 saturated heterocycles. The van der Waals surface area contributed by atoms with E-state index in [4.69, 9.17) is 20.6 Å². The van der Waals surface area contributed by atoms with E-state index < -0.39 is 0 Å². The van der Waals surface area contributed by atoms with Gasteiger partial charge in [0.05, 0.1) is 12.7 Å². The topological polar surface area (TPSA) is 86.2 Å². The van der Waals surface area contributed by atoms with Crippen molar-refractivity contribution in [2.24, 2.45) is 12.8 Å². The van der Waals surface area contributed by atoms with Crippen LogP contribution in [-0.2, 0) is 13.7 Å². The Bertz CT molecular complexity index is 592. The van der Waals surface area contributed by atoms with E-state index in [1.807, 2.05) is 17.8 Å². The van der Waals surface area contributed by atoms with Gasteiger partial charge in [0.15, 0.2) is 11.5 Å². The number of nitrogens with zero attached hydrogens (tertiary/aromatic N) is 2. The second kappa shape index (κ2) is 5.43. The largest absolute Gasteiger partial charge is 0.493 e. The van der Waals surface area contributed by atoms with Gasteiger partial charge >= 0.3 is 0 Å². The number of aromatic nitrogens is 2. The maximum absolute atomic E-state index is 7.56. The van der Waals surface area contributed by atoms with Crippen LogP contribution in [-0.4, -0.2) is 22.5 Å². The van der Waals surface area contributed by atoms with Crippen LogP contribution in [0.5, 0.6) is 11.5 Å². The van der Waals surface area contributed by atoms with E-state index in [9.17, 15) is 0 Å². The molecule has 19 heavy (non-hydrogen) atoms. The number of nitrogens with one attached hydrogen (secondary N) is 1. The maximum atomic E-state index is 7.56. The first-order chi connectivity index (χ1) is 9.13. The van der Waals surface area contributed by atoms with Gasteiger partial charge in [0.25, 0.3) is 0 Å². The molecule has 1 aromatic heterocycles. The standard InChI is InChI=1S/C13H16N4O2/c1-17-7-6-16-11(17)8-19-12-9(13(14)15)4-3-5-10(12)18-2/h3-7H,8H2,1-2H3,(H3,14,15). The van der Waals surface area contributed by atoms with Gasteiger partial charge < -0.3 is 19.8 Å². The summed E-state index contributed by atoms with van der Waals surface area (Å²) in [6.07, 6.45) is 3.54. The molecule has 0 aliphatic rings. The lowest BCUT2D eigenvalue weighted by atomic mass is 10.1. The van der Waals surface area contributed by atoms with Crippen molar-refractivity contribution in [3.05, 3.63) is 42.0 Å². The van der Waals surface area contributed by atoms with Gasteiger partial charge in [-0.3, -0.25) is 5.41 Å². The zero-order valence-corrected chi connectivity index (χ0v) is 10.9.